The van der Waals surface area contributed by atoms with E-state index >= 15 is 0 Å². The van der Waals surface area contributed by atoms with Crippen molar-refractivity contribution in [2.45, 2.75) is 44.8 Å². The second-order valence-corrected chi connectivity index (χ2v) is 4.76. The van der Waals surface area contributed by atoms with Gasteiger partial charge in [-0.05, 0) is 37.8 Å². The zero-order valence-electron chi connectivity index (χ0n) is 8.90. The molecule has 0 aromatic heterocycles. The lowest BCUT2D eigenvalue weighted by molar-refractivity contribution is 0.369. The number of fused-ring (bicyclic) bond motifs is 1. The lowest BCUT2D eigenvalue weighted by atomic mass is 10.1. The maximum Gasteiger partial charge on any atom is 0.0227 e. The van der Waals surface area contributed by atoms with E-state index in [4.69, 9.17) is 0 Å². The van der Waals surface area contributed by atoms with Gasteiger partial charge in [0.15, 0.2) is 0 Å². The molecule has 2 aliphatic rings. The number of nitrogens with zero attached hydrogens (tertiary/aromatic N) is 1. The minimum absolute atomic E-state index is 0.789. The normalized spacial score (nSPS) is 35.7. The van der Waals surface area contributed by atoms with Crippen LogP contribution in [-0.4, -0.2) is 23.0 Å². The van der Waals surface area contributed by atoms with Crippen molar-refractivity contribution in [1.29, 1.82) is 0 Å². The minimum atomic E-state index is 0.789. The van der Waals surface area contributed by atoms with Crippen LogP contribution in [0.15, 0.2) is 24.3 Å². The first-order valence-corrected chi connectivity index (χ1v) is 5.61. The average molecular weight is 187 g/mol. The molecule has 0 spiro atoms. The number of hydrogen-bond donors (Lipinski definition) is 0. The Bertz CT molecular complexity index is 325. The van der Waals surface area contributed by atoms with Gasteiger partial charge in [0.05, 0.1) is 0 Å². The second-order valence-electron chi connectivity index (χ2n) is 4.76. The minimum Gasteiger partial charge on any atom is -0.291 e. The maximum atomic E-state index is 2.65. The molecule has 1 aliphatic carbocycles. The molecule has 1 nitrogen and oxygen atoms in total. The van der Waals surface area contributed by atoms with E-state index in [0.717, 1.165) is 18.1 Å². The van der Waals surface area contributed by atoms with Crippen LogP contribution in [0.4, 0.5) is 0 Å². The van der Waals surface area contributed by atoms with E-state index in [1.54, 1.807) is 11.1 Å². The molecular formula is C13H17N. The van der Waals surface area contributed by atoms with Crippen LogP contribution in [0.5, 0.6) is 0 Å². The molecule has 1 heteroatoms. The van der Waals surface area contributed by atoms with Gasteiger partial charge in [-0.3, -0.25) is 4.90 Å². The van der Waals surface area contributed by atoms with Crippen LogP contribution in [0.1, 0.15) is 25.0 Å². The summed E-state index contributed by atoms with van der Waals surface area (Å²) in [5.41, 5.74) is 3.15. The number of hydrogen-bond acceptors (Lipinski definition) is 1. The molecule has 0 bridgehead atoms. The van der Waals surface area contributed by atoms with Crippen LogP contribution in [0.2, 0.25) is 0 Å². The van der Waals surface area contributed by atoms with Crippen LogP contribution in [0, 0.1) is 0 Å². The summed E-state index contributed by atoms with van der Waals surface area (Å²) in [6.45, 7) is 4.68. The first kappa shape index (κ1) is 8.49. The van der Waals surface area contributed by atoms with Crippen LogP contribution >= 0.6 is 0 Å². The fourth-order valence-corrected chi connectivity index (χ4v) is 2.94. The van der Waals surface area contributed by atoms with Gasteiger partial charge in [-0.15, -0.1) is 0 Å². The molecule has 0 saturated carbocycles. The predicted octanol–water partition coefficient (Wildman–Crippen LogP) is 2.25. The summed E-state index contributed by atoms with van der Waals surface area (Å²) in [5, 5.41) is 0. The van der Waals surface area contributed by atoms with Crippen molar-refractivity contribution in [1.82, 2.24) is 4.90 Å². The molecule has 0 amide bonds. The van der Waals surface area contributed by atoms with E-state index in [1.807, 2.05) is 0 Å². The van der Waals surface area contributed by atoms with Crippen LogP contribution in [0.3, 0.4) is 0 Å². The smallest absolute Gasteiger partial charge is 0.0227 e. The van der Waals surface area contributed by atoms with E-state index in [2.05, 4.69) is 43.0 Å². The molecule has 14 heavy (non-hydrogen) atoms. The standard InChI is InChI=1S/C13H17N/c1-9-10(2)14(9)13-7-11-5-3-4-6-12(11)8-13/h3-6,9-10,13H,7-8H2,1-2H3. The highest BCUT2D eigenvalue weighted by molar-refractivity contribution is 5.34. The van der Waals surface area contributed by atoms with Crippen molar-refractivity contribution >= 4 is 0 Å². The summed E-state index contributed by atoms with van der Waals surface area (Å²) in [5.74, 6) is 0. The van der Waals surface area contributed by atoms with Crippen molar-refractivity contribution < 1.29 is 0 Å². The lowest BCUT2D eigenvalue weighted by Crippen LogP contribution is -2.21. The van der Waals surface area contributed by atoms with Gasteiger partial charge in [-0.1, -0.05) is 24.3 Å². The van der Waals surface area contributed by atoms with E-state index in [1.165, 1.54) is 12.8 Å². The Balaban J connectivity index is 1.79. The van der Waals surface area contributed by atoms with Crippen molar-refractivity contribution in [2.75, 3.05) is 0 Å². The molecule has 1 aliphatic heterocycles. The highest BCUT2D eigenvalue weighted by atomic mass is 15.4. The molecule has 1 heterocycles. The monoisotopic (exact) mass is 187 g/mol. The van der Waals surface area contributed by atoms with Gasteiger partial charge in [0.2, 0.25) is 0 Å². The van der Waals surface area contributed by atoms with Crippen LogP contribution < -0.4 is 0 Å². The maximum absolute atomic E-state index is 2.65. The fraction of sp³-hybridized carbons (Fsp3) is 0.538. The summed E-state index contributed by atoms with van der Waals surface area (Å²) in [7, 11) is 0. The predicted molar refractivity (Wildman–Crippen MR) is 58.4 cm³/mol. The number of benzene rings is 1. The number of rotatable bonds is 1. The van der Waals surface area contributed by atoms with Gasteiger partial charge in [0.25, 0.3) is 0 Å². The van der Waals surface area contributed by atoms with Gasteiger partial charge >= 0.3 is 0 Å². The van der Waals surface area contributed by atoms with E-state index in [9.17, 15) is 0 Å². The summed E-state index contributed by atoms with van der Waals surface area (Å²) >= 11 is 0. The van der Waals surface area contributed by atoms with Crippen LogP contribution in [-0.2, 0) is 12.8 Å². The molecule has 2 atom stereocenters. The Morgan fingerprint density at radius 2 is 1.50 bits per heavy atom. The fourth-order valence-electron chi connectivity index (χ4n) is 2.94. The van der Waals surface area contributed by atoms with Crippen molar-refractivity contribution in [3.05, 3.63) is 35.4 Å². The zero-order valence-corrected chi connectivity index (χ0v) is 8.90. The molecule has 2 unspecified atom stereocenters. The van der Waals surface area contributed by atoms with E-state index < -0.39 is 0 Å². The summed E-state index contributed by atoms with van der Waals surface area (Å²) in [4.78, 5) is 2.65. The van der Waals surface area contributed by atoms with Gasteiger partial charge in [-0.25, -0.2) is 0 Å². The highest BCUT2D eigenvalue weighted by Gasteiger charge is 2.45. The summed E-state index contributed by atoms with van der Waals surface area (Å²) in [6, 6.07) is 11.3. The molecule has 0 radical (unpaired) electrons. The first-order valence-electron chi connectivity index (χ1n) is 5.61. The topological polar surface area (TPSA) is 3.01 Å². The quantitative estimate of drug-likeness (QED) is 0.609. The second kappa shape index (κ2) is 2.83. The third kappa shape index (κ3) is 1.12. The largest absolute Gasteiger partial charge is 0.291 e. The highest BCUT2D eigenvalue weighted by Crippen LogP contribution is 2.36. The van der Waals surface area contributed by atoms with Gasteiger partial charge in [0, 0.05) is 18.1 Å². The molecular weight excluding hydrogens is 170 g/mol. The molecule has 74 valence electrons. The molecule has 1 aromatic rings. The zero-order chi connectivity index (χ0) is 9.71. The first-order chi connectivity index (χ1) is 6.77. The SMILES string of the molecule is CC1C(C)N1C1Cc2ccccc2C1. The summed E-state index contributed by atoms with van der Waals surface area (Å²) < 4.78 is 0. The van der Waals surface area contributed by atoms with Gasteiger partial charge in [-0.2, -0.15) is 0 Å². The Labute approximate surface area is 85.7 Å². The summed E-state index contributed by atoms with van der Waals surface area (Å²) in [6.07, 6.45) is 2.54. The van der Waals surface area contributed by atoms with Gasteiger partial charge in [0.1, 0.15) is 0 Å². The lowest BCUT2D eigenvalue weighted by Gasteiger charge is -2.10. The Morgan fingerprint density at radius 1 is 1.00 bits per heavy atom. The van der Waals surface area contributed by atoms with Crippen molar-refractivity contribution in [3.63, 3.8) is 0 Å². The van der Waals surface area contributed by atoms with Crippen molar-refractivity contribution in [3.8, 4) is 0 Å². The van der Waals surface area contributed by atoms with Crippen molar-refractivity contribution in [2.24, 2.45) is 0 Å². The third-order valence-corrected chi connectivity index (χ3v) is 4.00. The van der Waals surface area contributed by atoms with E-state index in [0.29, 0.717) is 0 Å². The Morgan fingerprint density at radius 3 is 1.93 bits per heavy atom. The Kier molecular flexibility index (Phi) is 1.72. The molecule has 1 aromatic carbocycles. The molecule has 3 rings (SSSR count). The molecule has 1 fully saturated rings. The van der Waals surface area contributed by atoms with Crippen LogP contribution in [0.25, 0.3) is 0 Å². The molecule has 1 saturated heterocycles. The van der Waals surface area contributed by atoms with Gasteiger partial charge < -0.3 is 0 Å². The third-order valence-electron chi connectivity index (χ3n) is 4.00. The molecule has 0 N–H and O–H groups in total. The Hall–Kier alpha value is -0.820. The van der Waals surface area contributed by atoms with E-state index in [-0.39, 0.29) is 0 Å². The average Bonchev–Trinajstić information content (AvgIpc) is 2.66.